The summed E-state index contributed by atoms with van der Waals surface area (Å²) >= 11 is 0. The normalized spacial score (nSPS) is 36.9. The molecule has 12 heteroatoms. The second-order valence-electron chi connectivity index (χ2n) is 12.2. The van der Waals surface area contributed by atoms with Crippen molar-refractivity contribution in [2.45, 2.75) is 26.1 Å². The zero-order valence-electron chi connectivity index (χ0n) is 21.8. The van der Waals surface area contributed by atoms with Crippen molar-refractivity contribution in [2.24, 2.45) is 34.5 Å². The molecule has 0 heterocycles. The Morgan fingerprint density at radius 3 is 1.24 bits per heavy atom. The Balaban J connectivity index is 1.56. The molecule has 42 heavy (non-hydrogen) atoms. The number of rotatable bonds is 0. The van der Waals surface area contributed by atoms with E-state index in [4.69, 9.17) is 0 Å². The van der Waals surface area contributed by atoms with Crippen molar-refractivity contribution in [1.82, 2.24) is 0 Å². The summed E-state index contributed by atoms with van der Waals surface area (Å²) in [4.78, 5) is 58.1. The Labute approximate surface area is 235 Å². The number of benzene rings is 2. The van der Waals surface area contributed by atoms with E-state index in [0.29, 0.717) is 0 Å². The molecule has 0 radical (unpaired) electrons. The van der Waals surface area contributed by atoms with Crippen molar-refractivity contribution in [3.8, 4) is 23.0 Å². The van der Waals surface area contributed by atoms with E-state index < -0.39 is 138 Å². The van der Waals surface area contributed by atoms with Gasteiger partial charge in [-0.25, -0.2) is 0 Å². The molecule has 0 saturated heterocycles. The summed E-state index contributed by atoms with van der Waals surface area (Å²) in [5.41, 5.74) is -8.66. The second-order valence-corrected chi connectivity index (χ2v) is 12.2. The van der Waals surface area contributed by atoms with Crippen LogP contribution >= 0.6 is 0 Å². The summed E-state index contributed by atoms with van der Waals surface area (Å²) in [6.45, 7) is 2.72. The molecule has 2 aromatic carbocycles. The summed E-state index contributed by atoms with van der Waals surface area (Å²) in [5.74, 6) is -15.9. The first-order valence-electron chi connectivity index (χ1n) is 13.2. The number of hydrogen-bond donors (Lipinski definition) is 8. The zero-order valence-corrected chi connectivity index (χ0v) is 21.8. The van der Waals surface area contributed by atoms with Gasteiger partial charge in [0.2, 0.25) is 0 Å². The lowest BCUT2D eigenvalue weighted by molar-refractivity contribution is -0.142. The van der Waals surface area contributed by atoms with Crippen molar-refractivity contribution >= 4 is 34.7 Å². The molecule has 4 saturated carbocycles. The highest BCUT2D eigenvalue weighted by atomic mass is 16.3. The predicted molar refractivity (Wildman–Crippen MR) is 138 cm³/mol. The topological polar surface area (TPSA) is 230 Å². The summed E-state index contributed by atoms with van der Waals surface area (Å²) in [7, 11) is 0. The summed E-state index contributed by atoms with van der Waals surface area (Å²) in [5, 5.41) is 89.8. The molecule has 6 aliphatic rings. The standard InChI is InChI=1S/C30H22O12/c1-5-3-7(31)9-11(19(5)33)27(41)29-13-14-24(38)17(29)26(40)16-22(36)10-8(32)4-6(2)20(34)12(10)28(42)30(14,16)18(23(13)37)25(39)15(29)21(9)35/h3-4,13-14,17-18,23-24,31-38H,1-2H3/t13-,14-,17+,18+,23+,24+,29+,30+/m1/s1. The quantitative estimate of drug-likeness (QED) is 0.207. The van der Waals surface area contributed by atoms with Crippen molar-refractivity contribution in [2.75, 3.05) is 0 Å². The molecule has 4 bridgehead atoms. The molecule has 214 valence electrons. The van der Waals surface area contributed by atoms with E-state index in [1.807, 2.05) is 0 Å². The number of aryl methyl sites for hydroxylation is 2. The SMILES string of the molecule is Cc1cc(O)c2c(c1O)C(=O)[C@]13C(=C2O)C(=O)[C@@H]2[C@@H](O)[C@H]1[C@@H]1[C@H](O)[C@H]3C(=O)C3=C(O)c4c(O)cc(C)c(O)c4C(=O)[C@]312. The lowest BCUT2D eigenvalue weighted by Gasteiger charge is -2.53. The number of phenols is 4. The van der Waals surface area contributed by atoms with E-state index in [9.17, 15) is 60.0 Å². The van der Waals surface area contributed by atoms with Crippen LogP contribution in [-0.4, -0.2) is 76.2 Å². The van der Waals surface area contributed by atoms with Crippen molar-refractivity contribution in [1.29, 1.82) is 0 Å². The molecule has 0 amide bonds. The Hall–Kier alpha value is -4.68. The van der Waals surface area contributed by atoms with Gasteiger partial charge in [0.25, 0.3) is 0 Å². The van der Waals surface area contributed by atoms with Crippen LogP contribution in [0, 0.1) is 48.3 Å². The minimum absolute atomic E-state index is 0.0181. The minimum atomic E-state index is -2.48. The van der Waals surface area contributed by atoms with Gasteiger partial charge in [0, 0.05) is 11.8 Å². The highest BCUT2D eigenvalue weighted by Crippen LogP contribution is 2.80. The van der Waals surface area contributed by atoms with Crippen molar-refractivity contribution < 1.29 is 60.0 Å². The number of ketones is 4. The van der Waals surface area contributed by atoms with Gasteiger partial charge in [-0.2, -0.15) is 0 Å². The first-order valence-corrected chi connectivity index (χ1v) is 13.2. The maximum Gasteiger partial charge on any atom is 0.179 e. The molecule has 0 unspecified atom stereocenters. The van der Waals surface area contributed by atoms with E-state index in [0.717, 1.165) is 12.1 Å². The van der Waals surface area contributed by atoms with Crippen LogP contribution in [0.25, 0.3) is 11.5 Å². The number of carbonyl (C=O) groups excluding carboxylic acids is 4. The fourth-order valence-electron chi connectivity index (χ4n) is 9.59. The average Bonchev–Trinajstić information content (AvgIpc) is 3.27. The number of aliphatic hydroxyl groups is 4. The average molecular weight is 574 g/mol. The predicted octanol–water partition coefficient (Wildman–Crippen LogP) is 1.11. The third-order valence-electron chi connectivity index (χ3n) is 10.8. The molecular formula is C30H22O12. The molecule has 6 aliphatic carbocycles. The van der Waals surface area contributed by atoms with Gasteiger partial charge in [0.15, 0.2) is 23.1 Å². The number of phenolic OH excluding ortho intramolecular Hbond substituents is 4. The van der Waals surface area contributed by atoms with Crippen LogP contribution in [0.15, 0.2) is 23.3 Å². The van der Waals surface area contributed by atoms with E-state index in [-0.39, 0.29) is 11.1 Å². The molecule has 8 atom stereocenters. The largest absolute Gasteiger partial charge is 0.507 e. The van der Waals surface area contributed by atoms with Crippen molar-refractivity contribution in [3.63, 3.8) is 0 Å². The number of hydrogen-bond acceptors (Lipinski definition) is 12. The van der Waals surface area contributed by atoms with Crippen LogP contribution in [0.2, 0.25) is 0 Å². The zero-order chi connectivity index (χ0) is 30.3. The molecule has 2 aromatic rings. The Kier molecular flexibility index (Phi) is 4.09. The van der Waals surface area contributed by atoms with Gasteiger partial charge in [-0.15, -0.1) is 0 Å². The van der Waals surface area contributed by atoms with Crippen LogP contribution in [0.3, 0.4) is 0 Å². The molecule has 2 spiro atoms. The molecular weight excluding hydrogens is 552 g/mol. The van der Waals surface area contributed by atoms with E-state index in [2.05, 4.69) is 0 Å². The van der Waals surface area contributed by atoms with Gasteiger partial charge >= 0.3 is 0 Å². The Morgan fingerprint density at radius 1 is 0.571 bits per heavy atom. The van der Waals surface area contributed by atoms with Gasteiger partial charge in [0.1, 0.15) is 34.5 Å². The fourth-order valence-corrected chi connectivity index (χ4v) is 9.59. The number of aliphatic hydroxyl groups excluding tert-OH is 4. The van der Waals surface area contributed by atoms with Crippen LogP contribution < -0.4 is 0 Å². The molecule has 8 N–H and O–H groups in total. The first-order chi connectivity index (χ1) is 19.7. The van der Waals surface area contributed by atoms with Crippen LogP contribution in [-0.2, 0) is 9.59 Å². The number of aromatic hydroxyl groups is 4. The Bertz CT molecular complexity index is 1780. The maximum atomic E-state index is 14.6. The molecule has 8 rings (SSSR count). The highest BCUT2D eigenvalue weighted by Gasteiger charge is 2.90. The van der Waals surface area contributed by atoms with Gasteiger partial charge in [0.05, 0.1) is 68.3 Å². The van der Waals surface area contributed by atoms with Crippen LogP contribution in [0.5, 0.6) is 23.0 Å². The molecule has 0 aromatic heterocycles. The van der Waals surface area contributed by atoms with Gasteiger partial charge in [-0.3, -0.25) is 19.2 Å². The number of Topliss-reactive ketones (excluding diaryl/α,β-unsaturated/α-hetero) is 4. The molecule has 12 nitrogen and oxygen atoms in total. The van der Waals surface area contributed by atoms with Crippen LogP contribution in [0.1, 0.15) is 43.0 Å². The smallest absolute Gasteiger partial charge is 0.179 e. The minimum Gasteiger partial charge on any atom is -0.507 e. The van der Waals surface area contributed by atoms with Gasteiger partial charge in [-0.05, 0) is 37.1 Å². The summed E-state index contributed by atoms with van der Waals surface area (Å²) in [6.07, 6.45) is -3.71. The van der Waals surface area contributed by atoms with Gasteiger partial charge in [-0.1, -0.05) is 0 Å². The second kappa shape index (κ2) is 6.85. The summed E-state index contributed by atoms with van der Waals surface area (Å²) in [6, 6.07) is 2.13. The van der Waals surface area contributed by atoms with Crippen LogP contribution in [0.4, 0.5) is 0 Å². The first kappa shape index (κ1) is 25.1. The van der Waals surface area contributed by atoms with E-state index in [1.165, 1.54) is 13.8 Å². The highest BCUT2D eigenvalue weighted by molar-refractivity contribution is 6.31. The molecule has 4 fully saturated rings. The number of carbonyl (C=O) groups is 4. The Morgan fingerprint density at radius 2 is 0.905 bits per heavy atom. The number of fused-ring (bicyclic) bond motifs is 4. The lowest BCUT2D eigenvalue weighted by Crippen LogP contribution is -2.65. The third kappa shape index (κ3) is 2.03. The third-order valence-corrected chi connectivity index (χ3v) is 10.8. The number of allylic oxidation sites excluding steroid dienone is 2. The van der Waals surface area contributed by atoms with Gasteiger partial charge < -0.3 is 40.9 Å². The van der Waals surface area contributed by atoms with E-state index >= 15 is 0 Å². The summed E-state index contributed by atoms with van der Waals surface area (Å²) < 4.78 is 0. The fraction of sp³-hybridized carbons (Fsp3) is 0.333. The lowest BCUT2D eigenvalue weighted by atomic mass is 9.46. The maximum absolute atomic E-state index is 14.6. The van der Waals surface area contributed by atoms with Crippen molar-refractivity contribution in [3.05, 3.63) is 56.7 Å². The van der Waals surface area contributed by atoms with E-state index in [1.54, 1.807) is 0 Å². The monoisotopic (exact) mass is 574 g/mol. The molecule has 0 aliphatic heterocycles.